The Bertz CT molecular complexity index is 350. The molecule has 17 heavy (non-hydrogen) atoms. The summed E-state index contributed by atoms with van der Waals surface area (Å²) in [5.41, 5.74) is 5.96. The highest BCUT2D eigenvalue weighted by Gasteiger charge is 1.92. The molecule has 2 N–H and O–H groups in total. The number of hydrogen-bond acceptors (Lipinski definition) is 3. The molecule has 1 rings (SSSR count). The average molecular weight is 234 g/mol. The predicted octanol–water partition coefficient (Wildman–Crippen LogP) is 2.75. The first-order valence-corrected chi connectivity index (χ1v) is 5.78. The number of aromatic nitrogens is 1. The number of nitrogens with zero attached hydrogens (tertiary/aromatic N) is 1. The summed E-state index contributed by atoms with van der Waals surface area (Å²) in [6, 6.07) is 3.94. The second-order valence-corrected chi connectivity index (χ2v) is 3.71. The van der Waals surface area contributed by atoms with E-state index in [4.69, 9.17) is 5.73 Å². The zero-order valence-corrected chi connectivity index (χ0v) is 9.84. The third-order valence-corrected chi connectivity index (χ3v) is 2.25. The van der Waals surface area contributed by atoms with Crippen molar-refractivity contribution in [1.82, 2.24) is 4.98 Å². The van der Waals surface area contributed by atoms with Crippen LogP contribution >= 0.6 is 0 Å². The van der Waals surface area contributed by atoms with E-state index < -0.39 is 6.09 Å². The highest BCUT2D eigenvalue weighted by molar-refractivity contribution is 5.64. The van der Waals surface area contributed by atoms with Crippen LogP contribution in [-0.4, -0.2) is 17.7 Å². The van der Waals surface area contributed by atoms with Gasteiger partial charge < -0.3 is 10.5 Å². The van der Waals surface area contributed by atoms with E-state index in [1.807, 2.05) is 18.3 Å². The van der Waals surface area contributed by atoms with E-state index >= 15 is 0 Å². The van der Waals surface area contributed by atoms with E-state index in [0.717, 1.165) is 31.2 Å². The molecule has 4 heteroatoms. The molecule has 0 atom stereocenters. The highest BCUT2D eigenvalue weighted by atomic mass is 16.5. The summed E-state index contributed by atoms with van der Waals surface area (Å²) < 4.78 is 4.63. The van der Waals surface area contributed by atoms with Crippen LogP contribution in [0.25, 0.3) is 6.08 Å². The normalized spacial score (nSPS) is 10.6. The standard InChI is InChI=1S/C13H18N2O2/c14-13(16)17-10-5-3-1-2-4-7-12-8-6-9-15-11-12/h4,6-9,11H,1-3,5,10H2,(H2,14,16). The fourth-order valence-corrected chi connectivity index (χ4v) is 1.41. The van der Waals surface area contributed by atoms with Gasteiger partial charge in [0, 0.05) is 12.4 Å². The van der Waals surface area contributed by atoms with Gasteiger partial charge >= 0.3 is 6.09 Å². The molecule has 92 valence electrons. The molecule has 0 aliphatic rings. The number of allylic oxidation sites excluding steroid dienone is 1. The van der Waals surface area contributed by atoms with Gasteiger partial charge in [-0.15, -0.1) is 0 Å². The number of unbranched alkanes of at least 4 members (excludes halogenated alkanes) is 3. The van der Waals surface area contributed by atoms with Crippen molar-refractivity contribution in [2.24, 2.45) is 5.73 Å². The van der Waals surface area contributed by atoms with Gasteiger partial charge in [0.2, 0.25) is 0 Å². The molecule has 0 aliphatic carbocycles. The SMILES string of the molecule is NC(=O)OCCCCCC=Cc1cccnc1. The Hall–Kier alpha value is -1.84. The maximum absolute atomic E-state index is 10.3. The van der Waals surface area contributed by atoms with Crippen LogP contribution in [-0.2, 0) is 4.74 Å². The van der Waals surface area contributed by atoms with Crippen LogP contribution in [0.15, 0.2) is 30.6 Å². The molecule has 0 aromatic carbocycles. The Morgan fingerprint density at radius 2 is 2.29 bits per heavy atom. The molecule has 0 fully saturated rings. The van der Waals surface area contributed by atoms with Crippen LogP contribution in [0.2, 0.25) is 0 Å². The number of pyridine rings is 1. The summed E-state index contributed by atoms with van der Waals surface area (Å²) in [5, 5.41) is 0. The molecule has 0 radical (unpaired) electrons. The van der Waals surface area contributed by atoms with Crippen molar-refractivity contribution in [1.29, 1.82) is 0 Å². The molecular weight excluding hydrogens is 216 g/mol. The number of amides is 1. The van der Waals surface area contributed by atoms with Crippen molar-refractivity contribution in [2.75, 3.05) is 6.61 Å². The molecule has 4 nitrogen and oxygen atoms in total. The van der Waals surface area contributed by atoms with Crippen LogP contribution in [0, 0.1) is 0 Å². The first kappa shape index (κ1) is 13.2. The van der Waals surface area contributed by atoms with Gasteiger partial charge in [0.05, 0.1) is 6.61 Å². The monoisotopic (exact) mass is 234 g/mol. The van der Waals surface area contributed by atoms with Crippen LogP contribution in [0.3, 0.4) is 0 Å². The van der Waals surface area contributed by atoms with Crippen molar-refractivity contribution < 1.29 is 9.53 Å². The second-order valence-electron chi connectivity index (χ2n) is 3.71. The van der Waals surface area contributed by atoms with Crippen LogP contribution in [0.4, 0.5) is 4.79 Å². The van der Waals surface area contributed by atoms with Gasteiger partial charge in [0.1, 0.15) is 0 Å². The Labute approximate surface area is 101 Å². The first-order valence-electron chi connectivity index (χ1n) is 5.78. The molecule has 0 spiro atoms. The third kappa shape index (κ3) is 7.11. The van der Waals surface area contributed by atoms with E-state index in [9.17, 15) is 4.79 Å². The summed E-state index contributed by atoms with van der Waals surface area (Å²) in [5.74, 6) is 0. The molecule has 0 bridgehead atoms. The van der Waals surface area contributed by atoms with Gasteiger partial charge in [-0.3, -0.25) is 4.98 Å². The highest BCUT2D eigenvalue weighted by Crippen LogP contribution is 2.04. The smallest absolute Gasteiger partial charge is 0.404 e. The van der Waals surface area contributed by atoms with E-state index in [1.54, 1.807) is 6.20 Å². The molecule has 0 unspecified atom stereocenters. The van der Waals surface area contributed by atoms with Gasteiger partial charge in [0.25, 0.3) is 0 Å². The van der Waals surface area contributed by atoms with Gasteiger partial charge in [-0.05, 0) is 37.3 Å². The molecule has 0 aliphatic heterocycles. The Morgan fingerprint density at radius 1 is 1.41 bits per heavy atom. The number of carbonyl (C=O) groups excluding carboxylic acids is 1. The third-order valence-electron chi connectivity index (χ3n) is 2.25. The molecule has 1 heterocycles. The molecular formula is C13H18N2O2. The molecule has 1 aromatic heterocycles. The molecule has 1 amide bonds. The molecule has 1 aromatic rings. The lowest BCUT2D eigenvalue weighted by Crippen LogP contribution is -2.13. The Balaban J connectivity index is 2.01. The van der Waals surface area contributed by atoms with Crippen molar-refractivity contribution in [3.8, 4) is 0 Å². The van der Waals surface area contributed by atoms with E-state index in [1.165, 1.54) is 0 Å². The quantitative estimate of drug-likeness (QED) is 0.738. The number of hydrogen-bond donors (Lipinski definition) is 1. The first-order chi connectivity index (χ1) is 8.29. The number of rotatable bonds is 7. The fourth-order valence-electron chi connectivity index (χ4n) is 1.41. The Morgan fingerprint density at radius 3 is 3.00 bits per heavy atom. The van der Waals surface area contributed by atoms with Crippen LogP contribution in [0.5, 0.6) is 0 Å². The second kappa shape index (κ2) is 8.33. The van der Waals surface area contributed by atoms with Gasteiger partial charge in [-0.25, -0.2) is 4.79 Å². The number of nitrogens with two attached hydrogens (primary N) is 1. The zero-order valence-electron chi connectivity index (χ0n) is 9.84. The van der Waals surface area contributed by atoms with Crippen molar-refractivity contribution >= 4 is 12.2 Å². The average Bonchev–Trinajstić information content (AvgIpc) is 2.33. The number of primary amides is 1. The largest absolute Gasteiger partial charge is 0.450 e. The minimum absolute atomic E-state index is 0.418. The minimum atomic E-state index is -0.693. The van der Waals surface area contributed by atoms with E-state index in [-0.39, 0.29) is 0 Å². The fraction of sp³-hybridized carbons (Fsp3) is 0.385. The summed E-state index contributed by atoms with van der Waals surface area (Å²) in [6.45, 7) is 0.418. The predicted molar refractivity (Wildman–Crippen MR) is 67.3 cm³/mol. The van der Waals surface area contributed by atoms with Crippen LogP contribution in [0.1, 0.15) is 31.2 Å². The van der Waals surface area contributed by atoms with E-state index in [2.05, 4.69) is 21.9 Å². The van der Waals surface area contributed by atoms with Crippen molar-refractivity contribution in [3.05, 3.63) is 36.2 Å². The minimum Gasteiger partial charge on any atom is -0.450 e. The maximum Gasteiger partial charge on any atom is 0.404 e. The van der Waals surface area contributed by atoms with Crippen LogP contribution < -0.4 is 5.73 Å². The maximum atomic E-state index is 10.3. The topological polar surface area (TPSA) is 65.2 Å². The van der Waals surface area contributed by atoms with E-state index in [0.29, 0.717) is 6.61 Å². The number of carbonyl (C=O) groups is 1. The van der Waals surface area contributed by atoms with Crippen molar-refractivity contribution in [3.63, 3.8) is 0 Å². The zero-order chi connectivity index (χ0) is 12.3. The van der Waals surface area contributed by atoms with Crippen molar-refractivity contribution in [2.45, 2.75) is 25.7 Å². The summed E-state index contributed by atoms with van der Waals surface area (Å²) in [4.78, 5) is 14.3. The lowest BCUT2D eigenvalue weighted by molar-refractivity contribution is 0.154. The Kier molecular flexibility index (Phi) is 6.48. The summed E-state index contributed by atoms with van der Waals surface area (Å²) in [6.07, 6.45) is 11.1. The lowest BCUT2D eigenvalue weighted by atomic mass is 10.1. The van der Waals surface area contributed by atoms with Gasteiger partial charge in [-0.1, -0.05) is 18.2 Å². The molecule has 0 saturated heterocycles. The van der Waals surface area contributed by atoms with Gasteiger partial charge in [-0.2, -0.15) is 0 Å². The van der Waals surface area contributed by atoms with Gasteiger partial charge in [0.15, 0.2) is 0 Å². The lowest BCUT2D eigenvalue weighted by Gasteiger charge is -1.99. The number of ether oxygens (including phenoxy) is 1. The summed E-state index contributed by atoms with van der Waals surface area (Å²) >= 11 is 0. The summed E-state index contributed by atoms with van der Waals surface area (Å²) in [7, 11) is 0. The molecule has 0 saturated carbocycles.